The molecule has 1 aromatic rings. The Labute approximate surface area is 126 Å². The van der Waals surface area contributed by atoms with Crippen LogP contribution in [0.4, 0.5) is 0 Å². The van der Waals surface area contributed by atoms with Gasteiger partial charge in [0.1, 0.15) is 0 Å². The van der Waals surface area contributed by atoms with E-state index in [-0.39, 0.29) is 16.7 Å². The summed E-state index contributed by atoms with van der Waals surface area (Å²) in [5.41, 5.74) is 0.444. The Balaban J connectivity index is 2.36. The number of Topliss-reactive ketones (excluding diaryl/α,β-unsaturated/α-hetero) is 1. The molecule has 0 N–H and O–H groups in total. The zero-order chi connectivity index (χ0) is 15.5. The Morgan fingerprint density at radius 2 is 2.14 bits per heavy atom. The van der Waals surface area contributed by atoms with Crippen molar-refractivity contribution in [1.29, 1.82) is 0 Å². The molecule has 0 aliphatic carbocycles. The van der Waals surface area contributed by atoms with E-state index in [0.29, 0.717) is 38.2 Å². The number of rotatable bonds is 5. The number of ketones is 1. The van der Waals surface area contributed by atoms with Crippen molar-refractivity contribution in [3.05, 3.63) is 29.8 Å². The molecule has 6 heteroatoms. The molecule has 1 aliphatic heterocycles. The van der Waals surface area contributed by atoms with Gasteiger partial charge in [0.05, 0.1) is 18.1 Å². The first-order valence-electron chi connectivity index (χ1n) is 7.23. The van der Waals surface area contributed by atoms with Gasteiger partial charge >= 0.3 is 0 Å². The molecule has 1 unspecified atom stereocenters. The summed E-state index contributed by atoms with van der Waals surface area (Å²) in [5.74, 6) is -0.0546. The van der Waals surface area contributed by atoms with Crippen molar-refractivity contribution >= 4 is 15.8 Å². The highest BCUT2D eigenvalue weighted by Crippen LogP contribution is 2.23. The number of nitrogens with zero attached hydrogens (tertiary/aromatic N) is 1. The average molecular weight is 311 g/mol. The fourth-order valence-corrected chi connectivity index (χ4v) is 4.16. The minimum Gasteiger partial charge on any atom is -0.378 e. The second-order valence-electron chi connectivity index (χ2n) is 5.06. The minimum atomic E-state index is -3.59. The van der Waals surface area contributed by atoms with Crippen LogP contribution in [-0.2, 0) is 14.8 Å². The predicted octanol–water partition coefficient (Wildman–Crippen LogP) is 2.08. The summed E-state index contributed by atoms with van der Waals surface area (Å²) < 4.78 is 32.4. The van der Waals surface area contributed by atoms with E-state index in [1.54, 1.807) is 25.1 Å². The zero-order valence-corrected chi connectivity index (χ0v) is 13.2. The van der Waals surface area contributed by atoms with Crippen LogP contribution in [0.25, 0.3) is 0 Å². The molecule has 1 saturated heterocycles. The summed E-state index contributed by atoms with van der Waals surface area (Å²) >= 11 is 0. The van der Waals surface area contributed by atoms with Gasteiger partial charge in [-0.1, -0.05) is 26.0 Å². The lowest BCUT2D eigenvalue weighted by Crippen LogP contribution is -2.48. The summed E-state index contributed by atoms with van der Waals surface area (Å²) in [7, 11) is -3.59. The fourth-order valence-electron chi connectivity index (χ4n) is 2.45. The first-order valence-corrected chi connectivity index (χ1v) is 8.67. The zero-order valence-electron chi connectivity index (χ0n) is 12.4. The van der Waals surface area contributed by atoms with Crippen molar-refractivity contribution in [2.24, 2.45) is 0 Å². The summed E-state index contributed by atoms with van der Waals surface area (Å²) in [5, 5.41) is 0. The molecule has 5 nitrogen and oxygen atoms in total. The van der Waals surface area contributed by atoms with E-state index in [1.807, 2.05) is 6.92 Å². The van der Waals surface area contributed by atoms with Crippen LogP contribution in [0.2, 0.25) is 0 Å². The van der Waals surface area contributed by atoms with E-state index in [2.05, 4.69) is 0 Å². The molecule has 0 saturated carbocycles. The lowest BCUT2D eigenvalue weighted by atomic mass is 10.1. The first-order chi connectivity index (χ1) is 10.0. The molecule has 0 amide bonds. The number of sulfonamides is 1. The van der Waals surface area contributed by atoms with E-state index in [1.165, 1.54) is 10.4 Å². The van der Waals surface area contributed by atoms with Gasteiger partial charge in [0.25, 0.3) is 0 Å². The van der Waals surface area contributed by atoms with Crippen LogP contribution in [0.3, 0.4) is 0 Å². The van der Waals surface area contributed by atoms with Gasteiger partial charge in [0.15, 0.2) is 5.78 Å². The van der Waals surface area contributed by atoms with Gasteiger partial charge in [-0.3, -0.25) is 4.79 Å². The third-order valence-corrected chi connectivity index (χ3v) is 5.68. The Kier molecular flexibility index (Phi) is 5.13. The average Bonchev–Trinajstić information content (AvgIpc) is 2.54. The second kappa shape index (κ2) is 6.68. The smallest absolute Gasteiger partial charge is 0.243 e. The molecule has 2 rings (SSSR count). The van der Waals surface area contributed by atoms with Crippen molar-refractivity contribution in [2.75, 3.05) is 19.8 Å². The third kappa shape index (κ3) is 3.33. The predicted molar refractivity (Wildman–Crippen MR) is 79.9 cm³/mol. The van der Waals surface area contributed by atoms with E-state index >= 15 is 0 Å². The monoisotopic (exact) mass is 311 g/mol. The number of carbonyl (C=O) groups excluding carboxylic acids is 1. The van der Waals surface area contributed by atoms with Gasteiger partial charge < -0.3 is 4.74 Å². The Bertz CT molecular complexity index is 612. The molecular weight excluding hydrogens is 290 g/mol. The number of benzene rings is 1. The van der Waals surface area contributed by atoms with Crippen LogP contribution in [0.15, 0.2) is 29.2 Å². The Morgan fingerprint density at radius 3 is 2.81 bits per heavy atom. The topological polar surface area (TPSA) is 63.7 Å². The van der Waals surface area contributed by atoms with Crippen molar-refractivity contribution in [1.82, 2.24) is 4.31 Å². The van der Waals surface area contributed by atoms with E-state index in [9.17, 15) is 13.2 Å². The van der Waals surface area contributed by atoms with Crippen molar-refractivity contribution in [2.45, 2.75) is 37.6 Å². The van der Waals surface area contributed by atoms with Crippen LogP contribution < -0.4 is 0 Å². The van der Waals surface area contributed by atoms with Crippen LogP contribution in [0, 0.1) is 0 Å². The molecule has 21 heavy (non-hydrogen) atoms. The van der Waals surface area contributed by atoms with E-state index < -0.39 is 10.0 Å². The standard InChI is InChI=1S/C15H21NO4S/c1-3-13-11-20-9-8-16(13)21(18,19)14-7-5-6-12(10-14)15(17)4-2/h5-7,10,13H,3-4,8-9,11H2,1-2H3. The van der Waals surface area contributed by atoms with Gasteiger partial charge in [0, 0.05) is 24.6 Å². The first kappa shape index (κ1) is 16.1. The molecule has 1 heterocycles. The quantitative estimate of drug-likeness (QED) is 0.781. The van der Waals surface area contributed by atoms with Crippen molar-refractivity contribution < 1.29 is 17.9 Å². The van der Waals surface area contributed by atoms with Gasteiger partial charge in [0.2, 0.25) is 10.0 Å². The highest BCUT2D eigenvalue weighted by atomic mass is 32.2. The van der Waals surface area contributed by atoms with Crippen LogP contribution in [0.5, 0.6) is 0 Å². The molecule has 1 aromatic carbocycles. The minimum absolute atomic E-state index is 0.0546. The van der Waals surface area contributed by atoms with E-state index in [4.69, 9.17) is 4.74 Å². The number of hydrogen-bond acceptors (Lipinski definition) is 4. The Morgan fingerprint density at radius 1 is 1.38 bits per heavy atom. The maximum Gasteiger partial charge on any atom is 0.243 e. The molecule has 1 atom stereocenters. The highest BCUT2D eigenvalue weighted by molar-refractivity contribution is 7.89. The normalized spacial score (nSPS) is 20.4. The number of carbonyl (C=O) groups is 1. The summed E-state index contributed by atoms with van der Waals surface area (Å²) in [6.07, 6.45) is 1.06. The molecule has 1 fully saturated rings. The van der Waals surface area contributed by atoms with Gasteiger partial charge in [-0.15, -0.1) is 0 Å². The van der Waals surface area contributed by atoms with Crippen LogP contribution >= 0.6 is 0 Å². The maximum absolute atomic E-state index is 12.8. The lowest BCUT2D eigenvalue weighted by Gasteiger charge is -2.34. The SMILES string of the molecule is CCC(=O)c1cccc(S(=O)(=O)N2CCOCC2CC)c1. The van der Waals surface area contributed by atoms with Gasteiger partial charge in [-0.05, 0) is 18.6 Å². The van der Waals surface area contributed by atoms with Crippen molar-refractivity contribution in [3.63, 3.8) is 0 Å². The molecule has 0 radical (unpaired) electrons. The molecule has 0 bridgehead atoms. The molecule has 0 aromatic heterocycles. The fraction of sp³-hybridized carbons (Fsp3) is 0.533. The summed E-state index contributed by atoms with van der Waals surface area (Å²) in [6.45, 7) is 4.89. The van der Waals surface area contributed by atoms with E-state index in [0.717, 1.165) is 0 Å². The van der Waals surface area contributed by atoms with Crippen LogP contribution in [0.1, 0.15) is 37.0 Å². The molecule has 0 spiro atoms. The highest BCUT2D eigenvalue weighted by Gasteiger charge is 2.33. The third-order valence-electron chi connectivity index (χ3n) is 3.73. The maximum atomic E-state index is 12.8. The number of hydrogen-bond donors (Lipinski definition) is 0. The largest absolute Gasteiger partial charge is 0.378 e. The Hall–Kier alpha value is -1.24. The summed E-state index contributed by atoms with van der Waals surface area (Å²) in [4.78, 5) is 11.9. The molecule has 116 valence electrons. The lowest BCUT2D eigenvalue weighted by molar-refractivity contribution is 0.0314. The second-order valence-corrected chi connectivity index (χ2v) is 6.95. The van der Waals surface area contributed by atoms with Crippen LogP contribution in [-0.4, -0.2) is 44.3 Å². The van der Waals surface area contributed by atoms with Crippen molar-refractivity contribution in [3.8, 4) is 0 Å². The number of morpholine rings is 1. The summed E-state index contributed by atoms with van der Waals surface area (Å²) in [6, 6.07) is 6.15. The molecular formula is C15H21NO4S. The molecule has 1 aliphatic rings. The number of ether oxygens (including phenoxy) is 1. The van der Waals surface area contributed by atoms with Gasteiger partial charge in [-0.2, -0.15) is 4.31 Å². The van der Waals surface area contributed by atoms with Gasteiger partial charge in [-0.25, -0.2) is 8.42 Å².